The zero-order valence-electron chi connectivity index (χ0n) is 7.58. The smallest absolute Gasteiger partial charge is 0.356 e. The van der Waals surface area contributed by atoms with E-state index < -0.39 is 5.97 Å². The second kappa shape index (κ2) is 3.97. The third kappa shape index (κ3) is 1.93. The number of esters is 1. The van der Waals surface area contributed by atoms with Crippen LogP contribution in [0, 0.1) is 3.77 Å². The number of hydrogen-bond donors (Lipinski definition) is 0. The fourth-order valence-electron chi connectivity index (χ4n) is 1.16. The molecule has 0 amide bonds. The number of carbonyl (C=O) groups is 1. The number of rotatable bonds is 1. The van der Waals surface area contributed by atoms with E-state index in [-0.39, 0.29) is 5.69 Å². The van der Waals surface area contributed by atoms with Crippen LogP contribution in [0.15, 0.2) is 16.5 Å². The Hall–Kier alpha value is -0.820. The van der Waals surface area contributed by atoms with Crippen molar-refractivity contribution in [2.24, 2.45) is 0 Å². The monoisotopic (exact) mass is 337 g/mol. The van der Waals surface area contributed by atoms with E-state index in [9.17, 15) is 4.79 Å². The van der Waals surface area contributed by atoms with E-state index in [0.717, 1.165) is 0 Å². The quantitative estimate of drug-likeness (QED) is 0.593. The largest absolute Gasteiger partial charge is 0.464 e. The first-order valence-corrected chi connectivity index (χ1v) is 5.41. The third-order valence-electron chi connectivity index (χ3n) is 1.80. The Balaban J connectivity index is 2.66. The van der Waals surface area contributed by atoms with Crippen LogP contribution < -0.4 is 0 Å². The van der Waals surface area contributed by atoms with Crippen molar-refractivity contribution in [1.82, 2.24) is 4.98 Å². The molecule has 0 radical (unpaired) electrons. The summed E-state index contributed by atoms with van der Waals surface area (Å²) in [6.07, 6.45) is 0. The van der Waals surface area contributed by atoms with Gasteiger partial charge >= 0.3 is 5.97 Å². The van der Waals surface area contributed by atoms with Gasteiger partial charge in [-0.1, -0.05) is 11.6 Å². The molecule has 2 rings (SSSR count). The highest BCUT2D eigenvalue weighted by Crippen LogP contribution is 2.27. The summed E-state index contributed by atoms with van der Waals surface area (Å²) in [4.78, 5) is 15.3. The van der Waals surface area contributed by atoms with E-state index in [1.165, 1.54) is 13.2 Å². The van der Waals surface area contributed by atoms with Gasteiger partial charge in [-0.3, -0.25) is 0 Å². The van der Waals surface area contributed by atoms with Gasteiger partial charge in [0.1, 0.15) is 5.52 Å². The van der Waals surface area contributed by atoms with E-state index in [1.54, 1.807) is 6.07 Å². The molecule has 0 unspecified atom stereocenters. The number of pyridine rings is 1. The number of methoxy groups -OCH3 is 1. The van der Waals surface area contributed by atoms with Gasteiger partial charge < -0.3 is 9.15 Å². The number of halogens is 2. The van der Waals surface area contributed by atoms with Gasteiger partial charge in [-0.15, -0.1) is 0 Å². The molecule has 2 aromatic heterocycles. The highest BCUT2D eigenvalue weighted by Gasteiger charge is 2.14. The second-order valence-corrected chi connectivity index (χ2v) is 4.22. The molecule has 78 valence electrons. The van der Waals surface area contributed by atoms with Crippen molar-refractivity contribution >= 4 is 51.3 Å². The Kier molecular flexibility index (Phi) is 2.83. The Morgan fingerprint density at radius 3 is 3.00 bits per heavy atom. The Morgan fingerprint density at radius 2 is 2.33 bits per heavy atom. The fraction of sp³-hybridized carbons (Fsp3) is 0.111. The molecule has 0 aliphatic carbocycles. The lowest BCUT2D eigenvalue weighted by Crippen LogP contribution is -2.03. The summed E-state index contributed by atoms with van der Waals surface area (Å²) in [5.41, 5.74) is 1.20. The minimum atomic E-state index is -0.519. The lowest BCUT2D eigenvalue weighted by Gasteiger charge is -1.98. The minimum Gasteiger partial charge on any atom is -0.464 e. The molecule has 0 spiro atoms. The number of carbonyl (C=O) groups excluding carboxylic acids is 1. The van der Waals surface area contributed by atoms with Crippen molar-refractivity contribution in [3.63, 3.8) is 0 Å². The Morgan fingerprint density at radius 1 is 1.60 bits per heavy atom. The van der Waals surface area contributed by atoms with Gasteiger partial charge in [0.15, 0.2) is 15.0 Å². The lowest BCUT2D eigenvalue weighted by atomic mass is 10.3. The van der Waals surface area contributed by atoms with E-state index in [2.05, 4.69) is 9.72 Å². The van der Waals surface area contributed by atoms with Gasteiger partial charge in [0.2, 0.25) is 0 Å². The van der Waals surface area contributed by atoms with Crippen molar-refractivity contribution in [2.75, 3.05) is 7.11 Å². The van der Waals surface area contributed by atoms with Crippen LogP contribution >= 0.6 is 34.2 Å². The second-order valence-electron chi connectivity index (χ2n) is 2.75. The first-order chi connectivity index (χ1) is 7.11. The molecule has 2 aromatic rings. The number of fused-ring (bicyclic) bond motifs is 1. The van der Waals surface area contributed by atoms with E-state index >= 15 is 0 Å². The molecule has 0 saturated heterocycles. The molecular weight excluding hydrogens is 332 g/mol. The van der Waals surface area contributed by atoms with Gasteiger partial charge in [-0.25, -0.2) is 9.78 Å². The summed E-state index contributed by atoms with van der Waals surface area (Å²) in [6.45, 7) is 0. The zero-order valence-corrected chi connectivity index (χ0v) is 10.5. The molecule has 0 aliphatic rings. The SMILES string of the molecule is COC(=O)c1cc(Cl)c2oc(I)cc2n1. The molecule has 0 N–H and O–H groups in total. The van der Waals surface area contributed by atoms with Crippen LogP contribution in [0.2, 0.25) is 5.02 Å². The van der Waals surface area contributed by atoms with Crippen LogP contribution in [0.1, 0.15) is 10.5 Å². The average molecular weight is 338 g/mol. The maximum Gasteiger partial charge on any atom is 0.356 e. The van der Waals surface area contributed by atoms with Crippen LogP contribution in [0.4, 0.5) is 0 Å². The standard InChI is InChI=1S/C9H5ClINO3/c1-14-9(13)6-2-4(10)8-5(12-6)3-7(11)15-8/h2-3H,1H3. The van der Waals surface area contributed by atoms with E-state index in [1.807, 2.05) is 22.6 Å². The zero-order chi connectivity index (χ0) is 11.0. The van der Waals surface area contributed by atoms with Gasteiger partial charge in [0, 0.05) is 6.07 Å². The molecule has 2 heterocycles. The molecule has 4 nitrogen and oxygen atoms in total. The summed E-state index contributed by atoms with van der Waals surface area (Å²) < 4.78 is 10.5. The highest BCUT2D eigenvalue weighted by atomic mass is 127. The first-order valence-electron chi connectivity index (χ1n) is 3.95. The van der Waals surface area contributed by atoms with Crippen LogP contribution in [0.25, 0.3) is 11.1 Å². The molecular formula is C9H5ClINO3. The third-order valence-corrected chi connectivity index (χ3v) is 2.61. The maximum atomic E-state index is 11.2. The lowest BCUT2D eigenvalue weighted by molar-refractivity contribution is 0.0594. The number of hydrogen-bond acceptors (Lipinski definition) is 4. The normalized spacial score (nSPS) is 10.6. The summed E-state index contributed by atoms with van der Waals surface area (Å²) >= 11 is 7.94. The first kappa shape index (κ1) is 10.7. The number of nitrogens with zero attached hydrogens (tertiary/aromatic N) is 1. The van der Waals surface area contributed by atoms with Crippen LogP contribution in [-0.4, -0.2) is 18.1 Å². The van der Waals surface area contributed by atoms with Crippen molar-refractivity contribution in [3.05, 3.63) is 26.6 Å². The van der Waals surface area contributed by atoms with E-state index in [0.29, 0.717) is 19.9 Å². The number of aromatic nitrogens is 1. The van der Waals surface area contributed by atoms with Crippen LogP contribution in [0.5, 0.6) is 0 Å². The van der Waals surface area contributed by atoms with Crippen molar-refractivity contribution in [3.8, 4) is 0 Å². The molecule has 0 aliphatic heterocycles. The van der Waals surface area contributed by atoms with E-state index in [4.69, 9.17) is 16.0 Å². The van der Waals surface area contributed by atoms with Gasteiger partial charge in [-0.05, 0) is 28.7 Å². The topological polar surface area (TPSA) is 52.3 Å². The highest BCUT2D eigenvalue weighted by molar-refractivity contribution is 14.1. The summed E-state index contributed by atoms with van der Waals surface area (Å²) in [5, 5.41) is 0.350. The number of ether oxygens (including phenoxy) is 1. The number of furan rings is 1. The van der Waals surface area contributed by atoms with Gasteiger partial charge in [-0.2, -0.15) is 0 Å². The Bertz CT molecular complexity index is 537. The van der Waals surface area contributed by atoms with Crippen LogP contribution in [0.3, 0.4) is 0 Å². The molecule has 0 bridgehead atoms. The summed E-state index contributed by atoms with van der Waals surface area (Å²) in [6, 6.07) is 3.13. The maximum absolute atomic E-state index is 11.2. The van der Waals surface area contributed by atoms with Crippen molar-refractivity contribution in [2.45, 2.75) is 0 Å². The average Bonchev–Trinajstić information content (AvgIpc) is 2.58. The van der Waals surface area contributed by atoms with Gasteiger partial charge in [0.05, 0.1) is 12.1 Å². The molecule has 0 aromatic carbocycles. The fourth-order valence-corrected chi connectivity index (χ4v) is 1.92. The summed E-state index contributed by atoms with van der Waals surface area (Å²) in [7, 11) is 1.29. The predicted octanol–water partition coefficient (Wildman–Crippen LogP) is 2.87. The van der Waals surface area contributed by atoms with Crippen molar-refractivity contribution in [1.29, 1.82) is 0 Å². The van der Waals surface area contributed by atoms with Crippen molar-refractivity contribution < 1.29 is 13.9 Å². The van der Waals surface area contributed by atoms with Gasteiger partial charge in [0.25, 0.3) is 0 Å². The molecule has 6 heteroatoms. The molecule has 0 saturated carbocycles. The predicted molar refractivity (Wildman–Crippen MR) is 63.1 cm³/mol. The Labute approximate surface area is 104 Å². The van der Waals surface area contributed by atoms with Crippen LogP contribution in [-0.2, 0) is 4.74 Å². The molecule has 0 atom stereocenters. The minimum absolute atomic E-state index is 0.173. The molecule has 0 fully saturated rings. The molecule has 15 heavy (non-hydrogen) atoms. The summed E-state index contributed by atoms with van der Waals surface area (Å²) in [5.74, 6) is -0.519.